The van der Waals surface area contributed by atoms with Crippen molar-refractivity contribution in [3.63, 3.8) is 0 Å². The van der Waals surface area contributed by atoms with Crippen LogP contribution in [0, 0.1) is 12.7 Å². The minimum absolute atomic E-state index is 0. The smallest absolute Gasteiger partial charge is 0.191 e. The van der Waals surface area contributed by atoms with E-state index in [2.05, 4.69) is 20.6 Å². The minimum Gasteiger partial charge on any atom is -0.356 e. The zero-order valence-electron chi connectivity index (χ0n) is 13.4. The SMILES string of the molecule is CN=C(NCCc1ccc(F)cc1C)NCCn1ccnc1.I. The van der Waals surface area contributed by atoms with Gasteiger partial charge in [-0.15, -0.1) is 24.0 Å². The maximum atomic E-state index is 13.1. The fourth-order valence-electron chi connectivity index (χ4n) is 2.20. The van der Waals surface area contributed by atoms with Crippen LogP contribution in [0.3, 0.4) is 0 Å². The van der Waals surface area contributed by atoms with E-state index in [1.54, 1.807) is 25.6 Å². The number of nitrogens with one attached hydrogen (secondary N) is 2. The molecule has 23 heavy (non-hydrogen) atoms. The van der Waals surface area contributed by atoms with Gasteiger partial charge in [-0.25, -0.2) is 9.37 Å². The van der Waals surface area contributed by atoms with Gasteiger partial charge in [0.25, 0.3) is 0 Å². The normalized spacial score (nSPS) is 11.0. The zero-order chi connectivity index (χ0) is 15.8. The molecule has 7 heteroatoms. The van der Waals surface area contributed by atoms with Crippen LogP contribution in [0.1, 0.15) is 11.1 Å². The quantitative estimate of drug-likeness (QED) is 0.420. The largest absolute Gasteiger partial charge is 0.356 e. The Labute approximate surface area is 153 Å². The molecule has 0 aliphatic heterocycles. The summed E-state index contributed by atoms with van der Waals surface area (Å²) in [7, 11) is 1.75. The number of benzene rings is 1. The number of aryl methyl sites for hydroxylation is 1. The van der Waals surface area contributed by atoms with Crippen molar-refractivity contribution in [1.29, 1.82) is 0 Å². The van der Waals surface area contributed by atoms with Crippen molar-refractivity contribution in [3.05, 3.63) is 53.9 Å². The van der Waals surface area contributed by atoms with Gasteiger partial charge in [0.2, 0.25) is 0 Å². The van der Waals surface area contributed by atoms with Crippen molar-refractivity contribution in [3.8, 4) is 0 Å². The first-order valence-electron chi connectivity index (χ1n) is 7.34. The molecule has 2 rings (SSSR count). The standard InChI is InChI=1S/C16H22FN5.HI/c1-13-11-15(17)4-3-14(13)5-6-20-16(18-2)21-8-10-22-9-7-19-12-22;/h3-4,7,9,11-12H,5-6,8,10H2,1-2H3,(H2,18,20,21);1H. The number of hydrogen-bond acceptors (Lipinski definition) is 2. The van der Waals surface area contributed by atoms with E-state index >= 15 is 0 Å². The maximum absolute atomic E-state index is 13.1. The van der Waals surface area contributed by atoms with E-state index in [0.717, 1.165) is 43.1 Å². The Balaban J connectivity index is 0.00000264. The van der Waals surface area contributed by atoms with Gasteiger partial charge >= 0.3 is 0 Å². The molecule has 0 aliphatic rings. The Hall–Kier alpha value is -1.64. The summed E-state index contributed by atoms with van der Waals surface area (Å²) in [5, 5.41) is 6.51. The fourth-order valence-corrected chi connectivity index (χ4v) is 2.20. The summed E-state index contributed by atoms with van der Waals surface area (Å²) in [6.07, 6.45) is 6.30. The van der Waals surface area contributed by atoms with Gasteiger partial charge in [0, 0.05) is 39.1 Å². The van der Waals surface area contributed by atoms with Gasteiger partial charge in [-0.1, -0.05) is 6.07 Å². The van der Waals surface area contributed by atoms with Crippen LogP contribution in [-0.2, 0) is 13.0 Å². The van der Waals surface area contributed by atoms with Crippen molar-refractivity contribution >= 4 is 29.9 Å². The summed E-state index contributed by atoms with van der Waals surface area (Å²) in [5.41, 5.74) is 2.12. The Kier molecular flexibility index (Phi) is 8.60. The number of hydrogen-bond donors (Lipinski definition) is 2. The van der Waals surface area contributed by atoms with Crippen molar-refractivity contribution in [1.82, 2.24) is 20.2 Å². The average molecular weight is 431 g/mol. The second kappa shape index (κ2) is 10.2. The molecule has 0 spiro atoms. The number of aromatic nitrogens is 2. The molecule has 0 radical (unpaired) electrons. The first-order chi connectivity index (χ1) is 10.7. The molecular formula is C16H23FIN5. The van der Waals surface area contributed by atoms with Crippen LogP contribution < -0.4 is 10.6 Å². The Morgan fingerprint density at radius 3 is 2.74 bits per heavy atom. The van der Waals surface area contributed by atoms with E-state index in [9.17, 15) is 4.39 Å². The summed E-state index contributed by atoms with van der Waals surface area (Å²) in [5.74, 6) is 0.575. The van der Waals surface area contributed by atoms with E-state index in [-0.39, 0.29) is 29.8 Å². The van der Waals surface area contributed by atoms with Gasteiger partial charge in [-0.05, 0) is 36.6 Å². The first-order valence-corrected chi connectivity index (χ1v) is 7.34. The maximum Gasteiger partial charge on any atom is 0.191 e. The number of rotatable bonds is 6. The van der Waals surface area contributed by atoms with Crippen molar-refractivity contribution < 1.29 is 4.39 Å². The van der Waals surface area contributed by atoms with Gasteiger partial charge < -0.3 is 15.2 Å². The summed E-state index contributed by atoms with van der Waals surface area (Å²) in [6, 6.07) is 4.90. The highest BCUT2D eigenvalue weighted by atomic mass is 127. The summed E-state index contributed by atoms with van der Waals surface area (Å²) in [4.78, 5) is 8.18. The van der Waals surface area contributed by atoms with E-state index in [0.29, 0.717) is 0 Å². The number of aliphatic imine (C=N–C) groups is 1. The molecule has 5 nitrogen and oxygen atoms in total. The predicted molar refractivity (Wildman–Crippen MR) is 102 cm³/mol. The van der Waals surface area contributed by atoms with Crippen LogP contribution in [0.4, 0.5) is 4.39 Å². The van der Waals surface area contributed by atoms with Crippen molar-refractivity contribution in [2.24, 2.45) is 4.99 Å². The van der Waals surface area contributed by atoms with Gasteiger partial charge in [0.05, 0.1) is 6.33 Å². The Morgan fingerprint density at radius 2 is 2.09 bits per heavy atom. The van der Waals surface area contributed by atoms with E-state index in [1.807, 2.05) is 23.8 Å². The molecule has 0 saturated carbocycles. The molecule has 126 valence electrons. The molecule has 0 saturated heterocycles. The van der Waals surface area contributed by atoms with Gasteiger partial charge in [0.1, 0.15) is 5.82 Å². The van der Waals surface area contributed by atoms with Gasteiger partial charge in [0.15, 0.2) is 5.96 Å². The Bertz CT molecular complexity index is 613. The Morgan fingerprint density at radius 1 is 1.30 bits per heavy atom. The van der Waals surface area contributed by atoms with Gasteiger partial charge in [-0.2, -0.15) is 0 Å². The molecule has 0 fully saturated rings. The molecule has 0 atom stereocenters. The summed E-state index contributed by atoms with van der Waals surface area (Å²) >= 11 is 0. The summed E-state index contributed by atoms with van der Waals surface area (Å²) in [6.45, 7) is 4.28. The number of halogens is 2. The minimum atomic E-state index is -0.189. The van der Waals surface area contributed by atoms with Crippen LogP contribution in [-0.4, -0.2) is 35.6 Å². The second-order valence-corrected chi connectivity index (χ2v) is 5.05. The molecule has 0 bridgehead atoms. The molecular weight excluding hydrogens is 408 g/mol. The highest BCUT2D eigenvalue weighted by molar-refractivity contribution is 14.0. The molecule has 2 aromatic rings. The lowest BCUT2D eigenvalue weighted by atomic mass is 10.1. The van der Waals surface area contributed by atoms with E-state index < -0.39 is 0 Å². The second-order valence-electron chi connectivity index (χ2n) is 5.05. The highest BCUT2D eigenvalue weighted by Crippen LogP contribution is 2.10. The van der Waals surface area contributed by atoms with Crippen LogP contribution >= 0.6 is 24.0 Å². The molecule has 0 amide bonds. The highest BCUT2D eigenvalue weighted by Gasteiger charge is 2.01. The number of imidazole rings is 1. The lowest BCUT2D eigenvalue weighted by molar-refractivity contribution is 0.625. The van der Waals surface area contributed by atoms with Crippen LogP contribution in [0.15, 0.2) is 41.9 Å². The third-order valence-corrected chi connectivity index (χ3v) is 3.44. The molecule has 1 aromatic heterocycles. The van der Waals surface area contributed by atoms with Gasteiger partial charge in [-0.3, -0.25) is 4.99 Å². The molecule has 2 N–H and O–H groups in total. The molecule has 1 heterocycles. The molecule has 1 aromatic carbocycles. The van der Waals surface area contributed by atoms with E-state index in [1.165, 1.54) is 6.07 Å². The number of nitrogens with zero attached hydrogens (tertiary/aromatic N) is 3. The average Bonchev–Trinajstić information content (AvgIpc) is 3.01. The number of guanidine groups is 1. The van der Waals surface area contributed by atoms with Crippen molar-refractivity contribution in [2.75, 3.05) is 20.1 Å². The van der Waals surface area contributed by atoms with Crippen LogP contribution in [0.25, 0.3) is 0 Å². The zero-order valence-corrected chi connectivity index (χ0v) is 15.8. The lowest BCUT2D eigenvalue weighted by Crippen LogP contribution is -2.39. The topological polar surface area (TPSA) is 54.2 Å². The van der Waals surface area contributed by atoms with Crippen LogP contribution in [0.5, 0.6) is 0 Å². The van der Waals surface area contributed by atoms with E-state index in [4.69, 9.17) is 0 Å². The monoisotopic (exact) mass is 431 g/mol. The molecule has 0 aliphatic carbocycles. The third kappa shape index (κ3) is 6.55. The summed E-state index contributed by atoms with van der Waals surface area (Å²) < 4.78 is 15.1. The van der Waals surface area contributed by atoms with Crippen LogP contribution in [0.2, 0.25) is 0 Å². The molecule has 0 unspecified atom stereocenters. The van der Waals surface area contributed by atoms with Crippen molar-refractivity contribution in [2.45, 2.75) is 19.9 Å². The lowest BCUT2D eigenvalue weighted by Gasteiger charge is -2.13. The third-order valence-electron chi connectivity index (χ3n) is 3.44. The first kappa shape index (κ1) is 19.4. The fraction of sp³-hybridized carbons (Fsp3) is 0.375. The predicted octanol–water partition coefficient (Wildman–Crippen LogP) is 2.36.